The van der Waals surface area contributed by atoms with Crippen molar-refractivity contribution in [3.63, 3.8) is 0 Å². The maximum atomic E-state index is 12.7. The molecule has 0 saturated carbocycles. The van der Waals surface area contributed by atoms with Crippen LogP contribution in [0.1, 0.15) is 4.11 Å². The number of aromatic amines is 1. The highest BCUT2D eigenvalue weighted by atomic mass is 79.9. The number of hydrogen-bond donors (Lipinski definition) is 1. The molecule has 0 fully saturated rings. The third-order valence-corrected chi connectivity index (χ3v) is 4.07. The van der Waals surface area contributed by atoms with Gasteiger partial charge in [-0.25, -0.2) is 9.67 Å². The highest BCUT2D eigenvalue weighted by Crippen LogP contribution is 2.24. The Labute approximate surface area is 143 Å². The zero-order chi connectivity index (χ0) is 18.5. The van der Waals surface area contributed by atoms with E-state index in [1.807, 2.05) is 18.2 Å². The smallest absolute Gasteiger partial charge is 0.280 e. The summed E-state index contributed by atoms with van der Waals surface area (Å²) in [5.41, 5.74) is 1.59. The quantitative estimate of drug-likeness (QED) is 0.586. The Hall–Kier alpha value is -2.67. The number of rotatable bonds is 2. The number of hydrogen-bond acceptors (Lipinski definition) is 4. The van der Waals surface area contributed by atoms with Crippen molar-refractivity contribution in [3.05, 3.63) is 57.6 Å². The molecule has 23 heavy (non-hydrogen) atoms. The number of nitrogens with one attached hydrogen (secondary N) is 1. The van der Waals surface area contributed by atoms with Gasteiger partial charge in [0.25, 0.3) is 5.56 Å². The van der Waals surface area contributed by atoms with Crippen molar-refractivity contribution in [2.24, 2.45) is 0 Å². The first-order valence-corrected chi connectivity index (χ1v) is 7.45. The lowest BCUT2D eigenvalue weighted by atomic mass is 10.2. The van der Waals surface area contributed by atoms with Gasteiger partial charge in [-0.05, 0) is 24.3 Å². The lowest BCUT2D eigenvalue weighted by Crippen LogP contribution is -2.14. The Morgan fingerprint density at radius 2 is 2.13 bits per heavy atom. The third-order valence-electron chi connectivity index (χ3n) is 3.57. The number of ether oxygens (including phenoxy) is 1. The molecule has 0 unspecified atom stereocenters. The molecule has 1 N–H and O–H groups in total. The van der Waals surface area contributed by atoms with Crippen molar-refractivity contribution in [2.75, 3.05) is 7.04 Å². The predicted molar refractivity (Wildman–Crippen MR) is 91.2 cm³/mol. The van der Waals surface area contributed by atoms with Gasteiger partial charge in [0, 0.05) is 22.1 Å². The summed E-state index contributed by atoms with van der Waals surface area (Å²) < 4.78 is 28.2. The first kappa shape index (κ1) is 11.0. The molecule has 7 heteroatoms. The van der Waals surface area contributed by atoms with Crippen LogP contribution in [0.4, 0.5) is 0 Å². The second kappa shape index (κ2) is 5.20. The predicted octanol–water partition coefficient (Wildman–Crippen LogP) is 3.03. The first-order chi connectivity index (χ1) is 12.3. The Morgan fingerprint density at radius 3 is 2.91 bits per heavy atom. The summed E-state index contributed by atoms with van der Waals surface area (Å²) in [6, 6.07) is 8.57. The lowest BCUT2D eigenvalue weighted by Gasteiger charge is -2.02. The fraction of sp³-hybridized carbons (Fsp3) is 0.0625. The molecule has 3 heterocycles. The minimum absolute atomic E-state index is 0.0464. The van der Waals surface area contributed by atoms with Crippen molar-refractivity contribution < 1.29 is 8.85 Å². The van der Waals surface area contributed by atoms with E-state index in [1.54, 1.807) is 6.07 Å². The molecular formula is C16H11BrN4O2. The zero-order valence-corrected chi connectivity index (χ0v) is 13.2. The molecule has 6 nitrogen and oxygen atoms in total. The Bertz CT molecular complexity index is 1180. The fourth-order valence-corrected chi connectivity index (χ4v) is 2.83. The van der Waals surface area contributed by atoms with Crippen LogP contribution in [0.25, 0.3) is 27.5 Å². The molecule has 0 saturated heterocycles. The van der Waals surface area contributed by atoms with Gasteiger partial charge in [0.1, 0.15) is 0 Å². The van der Waals surface area contributed by atoms with Crippen molar-refractivity contribution in [1.82, 2.24) is 19.7 Å². The first-order valence-electron chi connectivity index (χ1n) is 8.16. The molecule has 0 atom stereocenters. The summed E-state index contributed by atoms with van der Waals surface area (Å²) in [4.78, 5) is 21.0. The molecule has 4 rings (SSSR count). The van der Waals surface area contributed by atoms with Gasteiger partial charge < -0.3 is 4.74 Å². The number of pyridine rings is 2. The molecule has 0 aliphatic carbocycles. The van der Waals surface area contributed by atoms with Crippen molar-refractivity contribution in [3.8, 4) is 11.6 Å². The number of methoxy groups -OCH3 is 1. The SMILES string of the molecule is [2H]C([2H])([2H])Oc1ccc(-n2[nH]c3c(cnc4cc(Br)ccc43)c2=O)cn1. The van der Waals surface area contributed by atoms with Gasteiger partial charge in [0.2, 0.25) is 5.88 Å². The highest BCUT2D eigenvalue weighted by Gasteiger charge is 2.12. The summed E-state index contributed by atoms with van der Waals surface area (Å²) in [7, 11) is -2.58. The molecule has 0 amide bonds. The molecular weight excluding hydrogens is 360 g/mol. The summed E-state index contributed by atoms with van der Waals surface area (Å²) in [6.07, 6.45) is 2.89. The van der Waals surface area contributed by atoms with Gasteiger partial charge in [-0.2, -0.15) is 0 Å². The third kappa shape index (κ3) is 2.20. The Morgan fingerprint density at radius 1 is 1.22 bits per heavy atom. The van der Waals surface area contributed by atoms with E-state index in [4.69, 9.17) is 8.85 Å². The van der Waals surface area contributed by atoms with Gasteiger partial charge in [-0.3, -0.25) is 14.9 Å². The van der Waals surface area contributed by atoms with E-state index in [2.05, 4.69) is 31.0 Å². The maximum Gasteiger partial charge on any atom is 0.280 e. The molecule has 0 spiro atoms. The second-order valence-electron chi connectivity index (χ2n) is 4.92. The van der Waals surface area contributed by atoms with Crippen LogP contribution in [0.2, 0.25) is 0 Å². The van der Waals surface area contributed by atoms with Crippen LogP contribution in [0.5, 0.6) is 5.88 Å². The number of aromatic nitrogens is 4. The minimum atomic E-state index is -2.58. The molecule has 0 aliphatic heterocycles. The standard InChI is InChI=1S/C16H11BrN4O2/c1-23-14-5-3-10(7-19-14)21-16(22)12-8-18-13-6-9(17)2-4-11(13)15(12)20-21/h2-8,20H,1H3/i1D3. The van der Waals surface area contributed by atoms with Crippen LogP contribution in [-0.4, -0.2) is 26.8 Å². The van der Waals surface area contributed by atoms with E-state index in [0.29, 0.717) is 16.6 Å². The Kier molecular flexibility index (Phi) is 2.48. The largest absolute Gasteiger partial charge is 0.481 e. The molecule has 1 aromatic carbocycles. The van der Waals surface area contributed by atoms with E-state index < -0.39 is 7.04 Å². The second-order valence-corrected chi connectivity index (χ2v) is 5.83. The van der Waals surface area contributed by atoms with E-state index in [0.717, 1.165) is 15.4 Å². The summed E-state index contributed by atoms with van der Waals surface area (Å²) in [6.45, 7) is 0. The maximum absolute atomic E-state index is 12.7. The van der Waals surface area contributed by atoms with Crippen molar-refractivity contribution in [2.45, 2.75) is 0 Å². The van der Waals surface area contributed by atoms with Crippen LogP contribution in [0, 0.1) is 0 Å². The van der Waals surface area contributed by atoms with E-state index >= 15 is 0 Å². The van der Waals surface area contributed by atoms with Crippen LogP contribution in [-0.2, 0) is 0 Å². The number of H-pyrrole nitrogens is 1. The highest BCUT2D eigenvalue weighted by molar-refractivity contribution is 9.10. The number of nitrogens with zero attached hydrogens (tertiary/aromatic N) is 3. The zero-order valence-electron chi connectivity index (χ0n) is 14.6. The normalized spacial score (nSPS) is 13.7. The monoisotopic (exact) mass is 373 g/mol. The van der Waals surface area contributed by atoms with Gasteiger partial charge in [0.05, 0.1) is 39.5 Å². The van der Waals surface area contributed by atoms with Gasteiger partial charge in [0.15, 0.2) is 0 Å². The average Bonchev–Trinajstić information content (AvgIpc) is 2.91. The minimum Gasteiger partial charge on any atom is -0.481 e. The summed E-state index contributed by atoms with van der Waals surface area (Å²) in [5.74, 6) is -0.0464. The number of halogens is 1. The fourth-order valence-electron chi connectivity index (χ4n) is 2.48. The van der Waals surface area contributed by atoms with Gasteiger partial charge >= 0.3 is 0 Å². The van der Waals surface area contributed by atoms with Crippen LogP contribution < -0.4 is 10.3 Å². The lowest BCUT2D eigenvalue weighted by molar-refractivity contribution is 0.397. The topological polar surface area (TPSA) is 72.8 Å². The van der Waals surface area contributed by atoms with Crippen LogP contribution in [0.15, 0.2) is 52.0 Å². The van der Waals surface area contributed by atoms with Gasteiger partial charge in [-0.1, -0.05) is 15.9 Å². The summed E-state index contributed by atoms with van der Waals surface area (Å²) >= 11 is 3.40. The molecule has 0 radical (unpaired) electrons. The number of fused-ring (bicyclic) bond motifs is 3. The van der Waals surface area contributed by atoms with E-state index in [-0.39, 0.29) is 11.4 Å². The molecule has 3 aromatic heterocycles. The van der Waals surface area contributed by atoms with Crippen molar-refractivity contribution >= 4 is 37.7 Å². The number of benzene rings is 1. The average molecular weight is 374 g/mol. The van der Waals surface area contributed by atoms with Crippen LogP contribution >= 0.6 is 15.9 Å². The van der Waals surface area contributed by atoms with Crippen molar-refractivity contribution in [1.29, 1.82) is 0 Å². The molecule has 0 bridgehead atoms. The molecule has 0 aliphatic rings. The molecule has 114 valence electrons. The van der Waals surface area contributed by atoms with E-state index in [1.165, 1.54) is 23.1 Å². The summed E-state index contributed by atoms with van der Waals surface area (Å²) in [5, 5.41) is 4.33. The Balaban J connectivity index is 1.83. The van der Waals surface area contributed by atoms with Crippen LogP contribution in [0.3, 0.4) is 0 Å². The van der Waals surface area contributed by atoms with E-state index in [9.17, 15) is 4.79 Å². The van der Waals surface area contributed by atoms with Gasteiger partial charge in [-0.15, -0.1) is 0 Å². The molecule has 4 aromatic rings.